The summed E-state index contributed by atoms with van der Waals surface area (Å²) in [7, 11) is 0. The summed E-state index contributed by atoms with van der Waals surface area (Å²) in [6, 6.07) is 13.6. The molecule has 1 atom stereocenters. The van der Waals surface area contributed by atoms with E-state index in [0.29, 0.717) is 30.2 Å². The Morgan fingerprint density at radius 3 is 2.74 bits per heavy atom. The van der Waals surface area contributed by atoms with Crippen molar-refractivity contribution in [2.24, 2.45) is 0 Å². The summed E-state index contributed by atoms with van der Waals surface area (Å²) in [5.74, 6) is 0.0199. The summed E-state index contributed by atoms with van der Waals surface area (Å²) in [6.45, 7) is 4.91. The van der Waals surface area contributed by atoms with E-state index < -0.39 is 17.5 Å². The maximum Gasteiger partial charge on any atom is 0.349 e. The molecule has 8 nitrogen and oxygen atoms in total. The summed E-state index contributed by atoms with van der Waals surface area (Å²) >= 11 is 0. The molecule has 1 aromatic heterocycles. The molecule has 2 heterocycles. The number of esters is 1. The Hall–Kier alpha value is -3.65. The molecule has 3 aromatic rings. The topological polar surface area (TPSA) is 104 Å². The first-order valence-electron chi connectivity index (χ1n) is 11.3. The van der Waals surface area contributed by atoms with Gasteiger partial charge in [-0.05, 0) is 54.7 Å². The first kappa shape index (κ1) is 23.5. The van der Waals surface area contributed by atoms with E-state index in [0.717, 1.165) is 18.4 Å². The van der Waals surface area contributed by atoms with Crippen LogP contribution in [0.4, 0.5) is 0 Å². The SMILES string of the molecule is CC(C)c1cccc(OCC(=O)Oc2ccc3cc(C(=O)NCC4CCCO4)c(=O)oc3c2)c1. The number of benzene rings is 2. The lowest BCUT2D eigenvalue weighted by molar-refractivity contribution is -0.136. The zero-order valence-corrected chi connectivity index (χ0v) is 19.2. The van der Waals surface area contributed by atoms with Gasteiger partial charge in [0, 0.05) is 24.6 Å². The number of rotatable bonds is 8. The van der Waals surface area contributed by atoms with Crippen LogP contribution in [0.25, 0.3) is 11.0 Å². The molecule has 1 amide bonds. The van der Waals surface area contributed by atoms with Crippen LogP contribution in [0.2, 0.25) is 0 Å². The second kappa shape index (κ2) is 10.5. The maximum absolute atomic E-state index is 12.4. The minimum absolute atomic E-state index is 0.0307. The van der Waals surface area contributed by atoms with Crippen LogP contribution in [0, 0.1) is 0 Å². The smallest absolute Gasteiger partial charge is 0.349 e. The van der Waals surface area contributed by atoms with Crippen molar-refractivity contribution in [1.29, 1.82) is 0 Å². The Bertz CT molecular complexity index is 1240. The molecule has 2 aromatic carbocycles. The van der Waals surface area contributed by atoms with Gasteiger partial charge in [-0.1, -0.05) is 26.0 Å². The average Bonchev–Trinajstić information content (AvgIpc) is 3.34. The van der Waals surface area contributed by atoms with Crippen LogP contribution in [0.15, 0.2) is 57.7 Å². The van der Waals surface area contributed by atoms with Gasteiger partial charge in [0.15, 0.2) is 6.61 Å². The monoisotopic (exact) mass is 465 g/mol. The quantitative estimate of drug-likeness (QED) is 0.306. The molecule has 1 fully saturated rings. The highest BCUT2D eigenvalue weighted by atomic mass is 16.6. The van der Waals surface area contributed by atoms with Gasteiger partial charge >= 0.3 is 11.6 Å². The molecular weight excluding hydrogens is 438 g/mol. The molecule has 1 aliphatic rings. The highest BCUT2D eigenvalue weighted by molar-refractivity contribution is 5.96. The Morgan fingerprint density at radius 1 is 1.12 bits per heavy atom. The lowest BCUT2D eigenvalue weighted by Crippen LogP contribution is -2.34. The number of carbonyl (C=O) groups is 2. The van der Waals surface area contributed by atoms with Crippen LogP contribution in [0.1, 0.15) is 48.5 Å². The van der Waals surface area contributed by atoms with Crippen LogP contribution in [-0.2, 0) is 9.53 Å². The molecule has 4 rings (SSSR count). The van der Waals surface area contributed by atoms with Crippen molar-refractivity contribution in [2.45, 2.75) is 38.7 Å². The van der Waals surface area contributed by atoms with Crippen molar-refractivity contribution in [3.63, 3.8) is 0 Å². The van der Waals surface area contributed by atoms with Crippen LogP contribution in [0.3, 0.4) is 0 Å². The summed E-state index contributed by atoms with van der Waals surface area (Å²) < 4.78 is 21.6. The lowest BCUT2D eigenvalue weighted by atomic mass is 10.0. The van der Waals surface area contributed by atoms with Gasteiger partial charge in [-0.2, -0.15) is 0 Å². The zero-order valence-electron chi connectivity index (χ0n) is 19.2. The Labute approximate surface area is 196 Å². The van der Waals surface area contributed by atoms with E-state index in [4.69, 9.17) is 18.6 Å². The van der Waals surface area contributed by atoms with Crippen molar-refractivity contribution < 1.29 is 28.2 Å². The van der Waals surface area contributed by atoms with E-state index in [1.165, 1.54) is 12.1 Å². The standard InChI is InChI=1S/C26H27NO7/c1-16(2)17-5-3-6-19(11-17)32-15-24(28)33-20-9-8-18-12-22(26(30)34-23(18)13-20)25(29)27-14-21-7-4-10-31-21/h3,5-6,8-9,11-13,16,21H,4,7,10,14-15H2,1-2H3,(H,27,29). The molecule has 0 radical (unpaired) electrons. The van der Waals surface area contributed by atoms with Gasteiger partial charge in [-0.3, -0.25) is 4.79 Å². The van der Waals surface area contributed by atoms with Crippen LogP contribution >= 0.6 is 0 Å². The molecule has 0 spiro atoms. The number of ether oxygens (including phenoxy) is 3. The number of hydrogen-bond donors (Lipinski definition) is 1. The molecule has 0 aliphatic carbocycles. The largest absolute Gasteiger partial charge is 0.482 e. The number of fused-ring (bicyclic) bond motifs is 1. The first-order valence-corrected chi connectivity index (χ1v) is 11.3. The normalized spacial score (nSPS) is 15.4. The lowest BCUT2D eigenvalue weighted by Gasteiger charge is -2.11. The number of hydrogen-bond acceptors (Lipinski definition) is 7. The van der Waals surface area contributed by atoms with Crippen molar-refractivity contribution in [3.8, 4) is 11.5 Å². The van der Waals surface area contributed by atoms with Gasteiger partial charge in [-0.15, -0.1) is 0 Å². The molecule has 0 bridgehead atoms. The van der Waals surface area contributed by atoms with E-state index in [2.05, 4.69) is 19.2 Å². The fraction of sp³-hybridized carbons (Fsp3) is 0.346. The molecule has 34 heavy (non-hydrogen) atoms. The fourth-order valence-electron chi connectivity index (χ4n) is 3.69. The van der Waals surface area contributed by atoms with Crippen molar-refractivity contribution in [1.82, 2.24) is 5.32 Å². The van der Waals surface area contributed by atoms with E-state index in [-0.39, 0.29) is 29.6 Å². The second-order valence-corrected chi connectivity index (χ2v) is 8.48. The predicted octanol–water partition coefficient (Wildman–Crippen LogP) is 3.81. The van der Waals surface area contributed by atoms with Gasteiger partial charge in [0.1, 0.15) is 22.6 Å². The van der Waals surface area contributed by atoms with E-state index in [1.807, 2.05) is 18.2 Å². The summed E-state index contributed by atoms with van der Waals surface area (Å²) in [5, 5.41) is 3.24. The predicted molar refractivity (Wildman–Crippen MR) is 125 cm³/mol. The molecule has 8 heteroatoms. The van der Waals surface area contributed by atoms with Gasteiger partial charge in [0.2, 0.25) is 0 Å². The van der Waals surface area contributed by atoms with Crippen molar-refractivity contribution >= 4 is 22.8 Å². The second-order valence-electron chi connectivity index (χ2n) is 8.48. The van der Waals surface area contributed by atoms with Crippen LogP contribution in [-0.4, -0.2) is 37.7 Å². The Kier molecular flexibility index (Phi) is 7.27. The molecule has 1 saturated heterocycles. The molecule has 1 aliphatic heterocycles. The minimum atomic E-state index is -0.769. The fourth-order valence-corrected chi connectivity index (χ4v) is 3.69. The highest BCUT2D eigenvalue weighted by Crippen LogP contribution is 2.22. The van der Waals surface area contributed by atoms with Crippen molar-refractivity contribution in [3.05, 3.63) is 70.1 Å². The Balaban J connectivity index is 1.38. The number of amides is 1. The van der Waals surface area contributed by atoms with Gasteiger partial charge in [0.05, 0.1) is 6.10 Å². The summed E-state index contributed by atoms with van der Waals surface area (Å²) in [6.07, 6.45) is 1.81. The molecule has 1 N–H and O–H groups in total. The third-order valence-electron chi connectivity index (χ3n) is 5.58. The zero-order chi connectivity index (χ0) is 24.1. The van der Waals surface area contributed by atoms with E-state index in [9.17, 15) is 14.4 Å². The third-order valence-corrected chi connectivity index (χ3v) is 5.58. The average molecular weight is 466 g/mol. The maximum atomic E-state index is 12.4. The molecular formula is C26H27NO7. The number of nitrogens with one attached hydrogen (secondary N) is 1. The van der Waals surface area contributed by atoms with Crippen LogP contribution in [0.5, 0.6) is 11.5 Å². The molecule has 1 unspecified atom stereocenters. The van der Waals surface area contributed by atoms with E-state index in [1.54, 1.807) is 18.2 Å². The minimum Gasteiger partial charge on any atom is -0.482 e. The van der Waals surface area contributed by atoms with Gasteiger partial charge in [0.25, 0.3) is 5.91 Å². The Morgan fingerprint density at radius 2 is 1.97 bits per heavy atom. The summed E-state index contributed by atoms with van der Waals surface area (Å²) in [4.78, 5) is 37.0. The first-order chi connectivity index (χ1) is 16.4. The highest BCUT2D eigenvalue weighted by Gasteiger charge is 2.19. The van der Waals surface area contributed by atoms with Gasteiger partial charge in [-0.25, -0.2) is 9.59 Å². The molecule has 0 saturated carbocycles. The molecule has 178 valence electrons. The third kappa shape index (κ3) is 5.82. The number of carbonyl (C=O) groups excluding carboxylic acids is 2. The van der Waals surface area contributed by atoms with Gasteiger partial charge < -0.3 is 23.9 Å². The van der Waals surface area contributed by atoms with Crippen LogP contribution < -0.4 is 20.4 Å². The van der Waals surface area contributed by atoms with E-state index >= 15 is 0 Å². The summed E-state index contributed by atoms with van der Waals surface area (Å²) in [5.41, 5.74) is 0.452. The van der Waals surface area contributed by atoms with Crippen molar-refractivity contribution in [2.75, 3.05) is 19.8 Å².